The number of nitrogens with zero attached hydrogens (tertiary/aromatic N) is 2. The van der Waals surface area contributed by atoms with Crippen molar-refractivity contribution in [2.75, 3.05) is 19.0 Å². The minimum atomic E-state index is 0.702. The summed E-state index contributed by atoms with van der Waals surface area (Å²) in [4.78, 5) is 8.43. The van der Waals surface area contributed by atoms with Crippen LogP contribution >= 0.6 is 23.1 Å². The quantitative estimate of drug-likeness (QED) is 0.843. The van der Waals surface area contributed by atoms with Crippen LogP contribution in [-0.2, 0) is 0 Å². The number of thiophene rings is 1. The molecule has 0 radical (unpaired) electrons. The number of aromatic nitrogens is 2. The van der Waals surface area contributed by atoms with E-state index in [9.17, 15) is 0 Å². The third kappa shape index (κ3) is 2.89. The van der Waals surface area contributed by atoms with Gasteiger partial charge in [-0.1, -0.05) is 17.8 Å². The van der Waals surface area contributed by atoms with Gasteiger partial charge < -0.3 is 10.1 Å². The normalized spacial score (nSPS) is 10.2. The molecular formula is C11H13N3OS2. The topological polar surface area (TPSA) is 47.0 Å². The second-order valence-corrected chi connectivity index (χ2v) is 5.36. The molecule has 2 aromatic rings. The van der Waals surface area contributed by atoms with Crippen molar-refractivity contribution in [1.82, 2.24) is 9.97 Å². The maximum absolute atomic E-state index is 5.37. The zero-order valence-electron chi connectivity index (χ0n) is 9.64. The summed E-state index contributed by atoms with van der Waals surface area (Å²) in [5.74, 6) is 1.44. The number of nitrogens with one attached hydrogen (secondary N) is 1. The maximum Gasteiger partial charge on any atom is 0.194 e. The highest BCUT2D eigenvalue weighted by Gasteiger charge is 2.13. The summed E-state index contributed by atoms with van der Waals surface area (Å²) in [7, 11) is 1.64. The first-order valence-corrected chi connectivity index (χ1v) is 6.89. The third-order valence-corrected chi connectivity index (χ3v) is 4.03. The molecule has 17 heavy (non-hydrogen) atoms. The SMILES string of the molecule is CCNc1ncnc(Sc2cccs2)c1OC. The van der Waals surface area contributed by atoms with Crippen LogP contribution in [0.2, 0.25) is 0 Å². The van der Waals surface area contributed by atoms with E-state index < -0.39 is 0 Å². The van der Waals surface area contributed by atoms with E-state index in [1.54, 1.807) is 36.5 Å². The van der Waals surface area contributed by atoms with Crippen molar-refractivity contribution in [3.05, 3.63) is 23.8 Å². The summed E-state index contributed by atoms with van der Waals surface area (Å²) in [6.07, 6.45) is 1.55. The summed E-state index contributed by atoms with van der Waals surface area (Å²) in [6, 6.07) is 4.08. The molecule has 0 aliphatic carbocycles. The van der Waals surface area contributed by atoms with Crippen molar-refractivity contribution in [2.45, 2.75) is 16.2 Å². The minimum Gasteiger partial charge on any atom is -0.490 e. The summed E-state index contributed by atoms with van der Waals surface area (Å²) in [5.41, 5.74) is 0. The van der Waals surface area contributed by atoms with Crippen molar-refractivity contribution >= 4 is 28.9 Å². The number of hydrogen-bond donors (Lipinski definition) is 1. The molecule has 0 aliphatic heterocycles. The third-order valence-electron chi connectivity index (χ3n) is 2.01. The van der Waals surface area contributed by atoms with Crippen molar-refractivity contribution in [3.63, 3.8) is 0 Å². The molecule has 0 amide bonds. The number of rotatable bonds is 5. The van der Waals surface area contributed by atoms with Crippen LogP contribution < -0.4 is 10.1 Å². The second-order valence-electron chi connectivity index (χ2n) is 3.13. The molecule has 0 fully saturated rings. The molecule has 0 saturated heterocycles. The van der Waals surface area contributed by atoms with E-state index in [4.69, 9.17) is 4.74 Å². The van der Waals surface area contributed by atoms with Gasteiger partial charge in [0.15, 0.2) is 11.6 Å². The minimum absolute atomic E-state index is 0.702. The first-order chi connectivity index (χ1) is 8.35. The van der Waals surface area contributed by atoms with E-state index in [1.165, 1.54) is 4.21 Å². The fourth-order valence-electron chi connectivity index (χ4n) is 1.32. The largest absolute Gasteiger partial charge is 0.490 e. The van der Waals surface area contributed by atoms with E-state index in [0.717, 1.165) is 17.4 Å². The van der Waals surface area contributed by atoms with Gasteiger partial charge in [0.05, 0.1) is 11.3 Å². The van der Waals surface area contributed by atoms with Gasteiger partial charge in [-0.3, -0.25) is 0 Å². The van der Waals surface area contributed by atoms with Crippen LogP contribution in [0.1, 0.15) is 6.92 Å². The lowest BCUT2D eigenvalue weighted by Gasteiger charge is -2.10. The van der Waals surface area contributed by atoms with Crippen molar-refractivity contribution < 1.29 is 4.74 Å². The first-order valence-electron chi connectivity index (χ1n) is 5.19. The lowest BCUT2D eigenvalue weighted by atomic mass is 10.5. The number of ether oxygens (including phenoxy) is 1. The van der Waals surface area contributed by atoms with Gasteiger partial charge in [0.25, 0.3) is 0 Å². The van der Waals surface area contributed by atoms with Crippen LogP contribution in [0, 0.1) is 0 Å². The predicted octanol–water partition coefficient (Wildman–Crippen LogP) is 3.13. The Bertz CT molecular complexity index is 474. The molecule has 0 bridgehead atoms. The van der Waals surface area contributed by atoms with Gasteiger partial charge in [0.2, 0.25) is 0 Å². The Labute approximate surface area is 108 Å². The van der Waals surface area contributed by atoms with E-state index in [0.29, 0.717) is 5.75 Å². The van der Waals surface area contributed by atoms with Crippen LogP contribution in [0.4, 0.5) is 5.82 Å². The highest BCUT2D eigenvalue weighted by molar-refractivity contribution is 8.01. The van der Waals surface area contributed by atoms with Crippen molar-refractivity contribution in [1.29, 1.82) is 0 Å². The Hall–Kier alpha value is -1.27. The van der Waals surface area contributed by atoms with E-state index in [-0.39, 0.29) is 0 Å². The molecule has 4 nitrogen and oxygen atoms in total. The standard InChI is InChI=1S/C11H13N3OS2/c1-3-12-10-9(15-2)11(14-7-13-10)17-8-5-4-6-16-8/h4-7H,3H2,1-2H3,(H,12,13,14). The zero-order chi connectivity index (χ0) is 12.1. The lowest BCUT2D eigenvalue weighted by molar-refractivity contribution is 0.400. The summed E-state index contributed by atoms with van der Waals surface area (Å²) < 4.78 is 6.56. The highest BCUT2D eigenvalue weighted by Crippen LogP contribution is 2.38. The van der Waals surface area contributed by atoms with Gasteiger partial charge >= 0.3 is 0 Å². The Kier molecular flexibility index (Phi) is 4.22. The summed E-state index contributed by atoms with van der Waals surface area (Å²) in [6.45, 7) is 2.82. The smallest absolute Gasteiger partial charge is 0.194 e. The van der Waals surface area contributed by atoms with Gasteiger partial charge in [-0.2, -0.15) is 0 Å². The van der Waals surface area contributed by atoms with Crippen molar-refractivity contribution in [2.24, 2.45) is 0 Å². The van der Waals surface area contributed by atoms with Gasteiger partial charge in [-0.15, -0.1) is 11.3 Å². The van der Waals surface area contributed by atoms with Crippen LogP contribution in [0.25, 0.3) is 0 Å². The number of anilines is 1. The first kappa shape index (κ1) is 12.2. The fourth-order valence-corrected chi connectivity index (χ4v) is 3.08. The summed E-state index contributed by atoms with van der Waals surface area (Å²) >= 11 is 3.27. The molecular weight excluding hydrogens is 254 g/mol. The summed E-state index contributed by atoms with van der Waals surface area (Å²) in [5, 5.41) is 6.04. The fraction of sp³-hybridized carbons (Fsp3) is 0.273. The molecule has 0 aliphatic rings. The molecule has 0 aromatic carbocycles. The van der Waals surface area contributed by atoms with Gasteiger partial charge in [0.1, 0.15) is 11.4 Å². The molecule has 2 aromatic heterocycles. The van der Waals surface area contributed by atoms with Gasteiger partial charge in [0, 0.05) is 6.54 Å². The monoisotopic (exact) mass is 267 g/mol. The molecule has 0 atom stereocenters. The molecule has 1 N–H and O–H groups in total. The van der Waals surface area contributed by atoms with Gasteiger partial charge in [-0.05, 0) is 18.4 Å². The molecule has 90 valence electrons. The van der Waals surface area contributed by atoms with Crippen LogP contribution in [0.3, 0.4) is 0 Å². The molecule has 6 heteroatoms. The lowest BCUT2D eigenvalue weighted by Crippen LogP contribution is -2.03. The molecule has 0 saturated carbocycles. The van der Waals surface area contributed by atoms with Crippen LogP contribution in [0.15, 0.2) is 33.1 Å². The van der Waals surface area contributed by atoms with Crippen molar-refractivity contribution in [3.8, 4) is 5.75 Å². The molecule has 2 heterocycles. The maximum atomic E-state index is 5.37. The van der Waals surface area contributed by atoms with E-state index >= 15 is 0 Å². The van der Waals surface area contributed by atoms with E-state index in [1.807, 2.05) is 18.4 Å². The highest BCUT2D eigenvalue weighted by atomic mass is 32.2. The van der Waals surface area contributed by atoms with Gasteiger partial charge in [-0.25, -0.2) is 9.97 Å². The Morgan fingerprint density at radius 2 is 2.35 bits per heavy atom. The Morgan fingerprint density at radius 1 is 1.47 bits per heavy atom. The Morgan fingerprint density at radius 3 is 3.00 bits per heavy atom. The predicted molar refractivity (Wildman–Crippen MR) is 71.2 cm³/mol. The van der Waals surface area contributed by atoms with Crippen LogP contribution in [0.5, 0.6) is 5.75 Å². The molecule has 0 spiro atoms. The molecule has 2 rings (SSSR count). The molecule has 0 unspecified atom stereocenters. The zero-order valence-corrected chi connectivity index (χ0v) is 11.3. The average Bonchev–Trinajstić information content (AvgIpc) is 2.83. The number of methoxy groups -OCH3 is 1. The Balaban J connectivity index is 2.29. The number of hydrogen-bond acceptors (Lipinski definition) is 6. The second kappa shape index (κ2) is 5.88. The van der Waals surface area contributed by atoms with E-state index in [2.05, 4.69) is 21.4 Å². The average molecular weight is 267 g/mol. The van der Waals surface area contributed by atoms with Crippen LogP contribution in [-0.4, -0.2) is 23.6 Å².